The molecule has 112 valence electrons. The number of aromatic nitrogens is 2. The van der Waals surface area contributed by atoms with Crippen molar-refractivity contribution in [2.45, 2.75) is 13.3 Å². The number of nitrogens with zero attached hydrogens (tertiary/aromatic N) is 2. The van der Waals surface area contributed by atoms with Crippen LogP contribution in [0, 0.1) is 6.92 Å². The number of hydrogen-bond acceptors (Lipinski definition) is 5. The summed E-state index contributed by atoms with van der Waals surface area (Å²) in [5.41, 5.74) is 3.31. The highest BCUT2D eigenvalue weighted by Crippen LogP contribution is 2.30. The third-order valence-corrected chi connectivity index (χ3v) is 4.10. The van der Waals surface area contributed by atoms with Gasteiger partial charge in [0.1, 0.15) is 10.8 Å². The minimum Gasteiger partial charge on any atom is -0.495 e. The Labute approximate surface area is 133 Å². The molecule has 0 fully saturated rings. The van der Waals surface area contributed by atoms with Crippen molar-refractivity contribution in [3.05, 3.63) is 64.7 Å². The maximum atomic E-state index is 5.37. The predicted octanol–water partition coefficient (Wildman–Crippen LogP) is 4.19. The molecule has 0 aliphatic heterocycles. The summed E-state index contributed by atoms with van der Waals surface area (Å²) in [6.07, 6.45) is 0.797. The third kappa shape index (κ3) is 3.43. The maximum absolute atomic E-state index is 5.37. The average Bonchev–Trinajstić information content (AvgIpc) is 2.96. The van der Waals surface area contributed by atoms with Gasteiger partial charge in [0, 0.05) is 6.42 Å². The van der Waals surface area contributed by atoms with Crippen molar-refractivity contribution in [1.82, 2.24) is 10.2 Å². The molecule has 0 atom stereocenters. The van der Waals surface area contributed by atoms with Gasteiger partial charge in [-0.1, -0.05) is 47.7 Å². The Morgan fingerprint density at radius 3 is 2.68 bits per heavy atom. The van der Waals surface area contributed by atoms with Gasteiger partial charge >= 0.3 is 0 Å². The van der Waals surface area contributed by atoms with Crippen LogP contribution in [0.2, 0.25) is 0 Å². The van der Waals surface area contributed by atoms with E-state index in [1.165, 1.54) is 5.56 Å². The lowest BCUT2D eigenvalue weighted by Crippen LogP contribution is -1.94. The standard InChI is InChI=1S/C17H17N3OS/c1-12-8-9-15(21-2)14(10-12)18-17-20-19-16(22-17)11-13-6-4-3-5-7-13/h3-10H,11H2,1-2H3,(H,18,20). The van der Waals surface area contributed by atoms with Gasteiger partial charge in [-0.2, -0.15) is 0 Å². The van der Waals surface area contributed by atoms with Crippen molar-refractivity contribution >= 4 is 22.2 Å². The zero-order valence-electron chi connectivity index (χ0n) is 12.5. The summed E-state index contributed by atoms with van der Waals surface area (Å²) in [5.74, 6) is 0.797. The van der Waals surface area contributed by atoms with Gasteiger partial charge in [-0.25, -0.2) is 0 Å². The summed E-state index contributed by atoms with van der Waals surface area (Å²) in [5, 5.41) is 13.5. The lowest BCUT2D eigenvalue weighted by atomic mass is 10.2. The Kier molecular flexibility index (Phi) is 4.34. The number of rotatable bonds is 5. The molecule has 0 aliphatic rings. The molecule has 0 bridgehead atoms. The van der Waals surface area contributed by atoms with Crippen LogP contribution in [0.25, 0.3) is 0 Å². The fourth-order valence-electron chi connectivity index (χ4n) is 2.18. The fourth-order valence-corrected chi connectivity index (χ4v) is 2.97. The van der Waals surface area contributed by atoms with E-state index in [4.69, 9.17) is 4.74 Å². The van der Waals surface area contributed by atoms with Crippen LogP contribution in [-0.4, -0.2) is 17.3 Å². The molecule has 0 aliphatic carbocycles. The molecular formula is C17H17N3OS. The minimum absolute atomic E-state index is 0.773. The monoisotopic (exact) mass is 311 g/mol. The summed E-state index contributed by atoms with van der Waals surface area (Å²) < 4.78 is 5.37. The Morgan fingerprint density at radius 2 is 1.91 bits per heavy atom. The molecule has 0 radical (unpaired) electrons. The third-order valence-electron chi connectivity index (χ3n) is 3.26. The number of benzene rings is 2. The molecule has 0 saturated carbocycles. The van der Waals surface area contributed by atoms with E-state index in [1.54, 1.807) is 18.4 Å². The fraction of sp³-hybridized carbons (Fsp3) is 0.176. The molecule has 2 aromatic carbocycles. The molecule has 5 heteroatoms. The Hall–Kier alpha value is -2.40. The van der Waals surface area contributed by atoms with Gasteiger partial charge in [0.15, 0.2) is 0 Å². The number of nitrogens with one attached hydrogen (secondary N) is 1. The summed E-state index contributed by atoms with van der Waals surface area (Å²) in [6.45, 7) is 2.05. The first-order chi connectivity index (χ1) is 10.7. The first kappa shape index (κ1) is 14.5. The minimum atomic E-state index is 0.773. The molecule has 4 nitrogen and oxygen atoms in total. The topological polar surface area (TPSA) is 47.0 Å². The number of anilines is 2. The molecule has 0 amide bonds. The van der Waals surface area contributed by atoms with Gasteiger partial charge in [-0.3, -0.25) is 0 Å². The van der Waals surface area contributed by atoms with E-state index in [-0.39, 0.29) is 0 Å². The number of aryl methyl sites for hydroxylation is 1. The first-order valence-corrected chi connectivity index (χ1v) is 7.84. The summed E-state index contributed by atoms with van der Waals surface area (Å²) >= 11 is 1.56. The van der Waals surface area contributed by atoms with E-state index in [1.807, 2.05) is 43.3 Å². The lowest BCUT2D eigenvalue weighted by molar-refractivity contribution is 0.416. The highest BCUT2D eigenvalue weighted by atomic mass is 32.1. The van der Waals surface area contributed by atoms with Crippen LogP contribution in [0.5, 0.6) is 5.75 Å². The summed E-state index contributed by atoms with van der Waals surface area (Å²) in [6, 6.07) is 16.3. The second-order valence-electron chi connectivity index (χ2n) is 4.99. The SMILES string of the molecule is COc1ccc(C)cc1Nc1nnc(Cc2ccccc2)s1. The number of methoxy groups -OCH3 is 1. The molecule has 22 heavy (non-hydrogen) atoms. The summed E-state index contributed by atoms with van der Waals surface area (Å²) in [7, 11) is 1.66. The second-order valence-corrected chi connectivity index (χ2v) is 6.05. The maximum Gasteiger partial charge on any atom is 0.210 e. The predicted molar refractivity (Wildman–Crippen MR) is 90.2 cm³/mol. The average molecular weight is 311 g/mol. The largest absolute Gasteiger partial charge is 0.495 e. The zero-order valence-corrected chi connectivity index (χ0v) is 13.4. The molecule has 0 spiro atoms. The van der Waals surface area contributed by atoms with E-state index in [0.717, 1.165) is 33.6 Å². The van der Waals surface area contributed by atoms with Gasteiger partial charge in [-0.05, 0) is 30.2 Å². The first-order valence-electron chi connectivity index (χ1n) is 7.02. The van der Waals surface area contributed by atoms with Gasteiger partial charge in [0.2, 0.25) is 5.13 Å². The van der Waals surface area contributed by atoms with Crippen molar-refractivity contribution in [1.29, 1.82) is 0 Å². The normalized spacial score (nSPS) is 10.5. The van der Waals surface area contributed by atoms with Gasteiger partial charge < -0.3 is 10.1 Å². The van der Waals surface area contributed by atoms with Gasteiger partial charge in [-0.15, -0.1) is 10.2 Å². The Morgan fingerprint density at radius 1 is 1.09 bits per heavy atom. The molecule has 1 heterocycles. The van der Waals surface area contributed by atoms with Crippen LogP contribution in [-0.2, 0) is 6.42 Å². The quantitative estimate of drug-likeness (QED) is 0.767. The molecular weight excluding hydrogens is 294 g/mol. The van der Waals surface area contributed by atoms with Crippen molar-refractivity contribution in [3.63, 3.8) is 0 Å². The van der Waals surface area contributed by atoms with E-state index in [2.05, 4.69) is 27.6 Å². The molecule has 0 saturated heterocycles. The van der Waals surface area contributed by atoms with E-state index >= 15 is 0 Å². The molecule has 3 rings (SSSR count). The van der Waals surface area contributed by atoms with E-state index < -0.39 is 0 Å². The van der Waals surface area contributed by atoms with Crippen molar-refractivity contribution in [2.75, 3.05) is 12.4 Å². The molecule has 1 N–H and O–H groups in total. The van der Waals surface area contributed by atoms with Gasteiger partial charge in [0.05, 0.1) is 12.8 Å². The zero-order chi connectivity index (χ0) is 15.4. The van der Waals surface area contributed by atoms with E-state index in [0.29, 0.717) is 0 Å². The van der Waals surface area contributed by atoms with Crippen LogP contribution >= 0.6 is 11.3 Å². The molecule has 1 aromatic heterocycles. The highest BCUT2D eigenvalue weighted by Gasteiger charge is 2.08. The molecule has 0 unspecified atom stereocenters. The van der Waals surface area contributed by atoms with Crippen molar-refractivity contribution < 1.29 is 4.74 Å². The number of ether oxygens (including phenoxy) is 1. The van der Waals surface area contributed by atoms with Crippen molar-refractivity contribution in [3.8, 4) is 5.75 Å². The van der Waals surface area contributed by atoms with Crippen LogP contribution in [0.1, 0.15) is 16.1 Å². The van der Waals surface area contributed by atoms with E-state index in [9.17, 15) is 0 Å². The smallest absolute Gasteiger partial charge is 0.210 e. The second kappa shape index (κ2) is 6.58. The summed E-state index contributed by atoms with van der Waals surface area (Å²) in [4.78, 5) is 0. The molecule has 3 aromatic rings. The Balaban J connectivity index is 1.76. The number of hydrogen-bond donors (Lipinski definition) is 1. The van der Waals surface area contributed by atoms with Crippen LogP contribution in [0.15, 0.2) is 48.5 Å². The Bertz CT molecular complexity index is 756. The van der Waals surface area contributed by atoms with Crippen molar-refractivity contribution in [2.24, 2.45) is 0 Å². The lowest BCUT2D eigenvalue weighted by Gasteiger charge is -2.09. The van der Waals surface area contributed by atoms with Crippen LogP contribution in [0.4, 0.5) is 10.8 Å². The van der Waals surface area contributed by atoms with Crippen LogP contribution < -0.4 is 10.1 Å². The van der Waals surface area contributed by atoms with Crippen LogP contribution in [0.3, 0.4) is 0 Å². The van der Waals surface area contributed by atoms with Gasteiger partial charge in [0.25, 0.3) is 0 Å². The highest BCUT2D eigenvalue weighted by molar-refractivity contribution is 7.15.